The van der Waals surface area contributed by atoms with Gasteiger partial charge in [-0.3, -0.25) is 0 Å². The monoisotopic (exact) mass is 562 g/mol. The number of nitrogen functional groups attached to an aromatic ring is 1. The number of anilines is 1. The first-order valence-corrected chi connectivity index (χ1v) is 15.9. The quantitative estimate of drug-likeness (QED) is 0.111. The summed E-state index contributed by atoms with van der Waals surface area (Å²) in [4.78, 5) is 13.0. The molecule has 42 heavy (non-hydrogen) atoms. The van der Waals surface area contributed by atoms with E-state index in [1.54, 1.807) is 6.08 Å². The van der Waals surface area contributed by atoms with Crippen molar-refractivity contribution < 1.29 is 4.89 Å². The molecule has 0 aliphatic carbocycles. The topological polar surface area (TPSA) is 46.2 Å². The van der Waals surface area contributed by atoms with Gasteiger partial charge in [0, 0.05) is 16.6 Å². The van der Waals surface area contributed by atoms with E-state index >= 15 is 0 Å². The van der Waals surface area contributed by atoms with Crippen molar-refractivity contribution in [1.29, 1.82) is 0 Å². The predicted molar refractivity (Wildman–Crippen MR) is 184 cm³/mol. The summed E-state index contributed by atoms with van der Waals surface area (Å²) in [6.07, 6.45) is 10.5. The van der Waals surface area contributed by atoms with E-state index in [4.69, 9.17) is 5.73 Å². The molecule has 3 N–H and O–H groups in total. The molecule has 0 aliphatic rings. The van der Waals surface area contributed by atoms with Gasteiger partial charge in [0.15, 0.2) is 0 Å². The highest BCUT2D eigenvalue weighted by atomic mass is 31.2. The van der Waals surface area contributed by atoms with Crippen LogP contribution in [0.2, 0.25) is 0 Å². The maximum atomic E-state index is 13.0. The van der Waals surface area contributed by atoms with Crippen molar-refractivity contribution in [3.05, 3.63) is 170 Å². The zero-order valence-electron chi connectivity index (χ0n) is 23.4. The average molecular weight is 563 g/mol. The van der Waals surface area contributed by atoms with Gasteiger partial charge in [-0.15, -0.1) is 0 Å². The molecular weight excluding hydrogens is 529 g/mol. The van der Waals surface area contributed by atoms with Crippen molar-refractivity contribution in [2.75, 3.05) is 5.73 Å². The molecule has 6 rings (SSSR count). The van der Waals surface area contributed by atoms with Crippen LogP contribution in [0.25, 0.3) is 32.7 Å². The van der Waals surface area contributed by atoms with Crippen molar-refractivity contribution >= 4 is 50.6 Å². The third-order valence-corrected chi connectivity index (χ3v) is 10.9. The molecule has 0 heterocycles. The van der Waals surface area contributed by atoms with Gasteiger partial charge in [-0.2, -0.15) is 0 Å². The van der Waals surface area contributed by atoms with Gasteiger partial charge in [-0.05, 0) is 76.2 Å². The van der Waals surface area contributed by atoms with Crippen molar-refractivity contribution in [1.82, 2.24) is 0 Å². The molecule has 0 spiro atoms. The molecule has 204 valence electrons. The number of fused-ring (bicyclic) bond motifs is 2. The third-order valence-electron chi connectivity index (χ3n) is 7.73. The lowest BCUT2D eigenvalue weighted by Crippen LogP contribution is -2.31. The second kappa shape index (κ2) is 12.0. The van der Waals surface area contributed by atoms with Gasteiger partial charge in [-0.25, -0.2) is 4.89 Å². The number of benzene rings is 6. The van der Waals surface area contributed by atoms with E-state index in [2.05, 4.69) is 73.3 Å². The van der Waals surface area contributed by atoms with E-state index in [9.17, 15) is 4.89 Å². The van der Waals surface area contributed by atoms with Gasteiger partial charge in [0.2, 0.25) is 7.49 Å². The van der Waals surface area contributed by atoms with E-state index in [0.717, 1.165) is 59.8 Å². The molecular formula is C39H33NOP+. The molecule has 6 aromatic carbocycles. The van der Waals surface area contributed by atoms with Crippen molar-refractivity contribution in [2.45, 2.75) is 6.42 Å². The van der Waals surface area contributed by atoms with Crippen LogP contribution < -0.4 is 21.6 Å². The number of rotatable bonds is 8. The zero-order valence-corrected chi connectivity index (χ0v) is 24.3. The summed E-state index contributed by atoms with van der Waals surface area (Å²) in [5.41, 5.74) is 10.7. The van der Waals surface area contributed by atoms with E-state index in [-0.39, 0.29) is 0 Å². The summed E-state index contributed by atoms with van der Waals surface area (Å²) in [6.45, 7) is 3.78. The maximum absolute atomic E-state index is 13.0. The van der Waals surface area contributed by atoms with Crippen molar-refractivity contribution in [2.24, 2.45) is 0 Å². The summed E-state index contributed by atoms with van der Waals surface area (Å²) < 4.78 is 0. The molecule has 2 nitrogen and oxygen atoms in total. The summed E-state index contributed by atoms with van der Waals surface area (Å²) >= 11 is 0. The molecule has 0 radical (unpaired) electrons. The largest absolute Gasteiger partial charge is 0.398 e. The summed E-state index contributed by atoms with van der Waals surface area (Å²) in [6, 6.07) is 43.4. The van der Waals surface area contributed by atoms with Crippen LogP contribution in [-0.2, 0) is 6.42 Å². The van der Waals surface area contributed by atoms with Gasteiger partial charge in [0.05, 0.1) is 0 Å². The minimum absolute atomic E-state index is 0.671. The standard InChI is InChI=1S/C39H33NOP/c1-2-3-4-5-8-19-31-28-38(42(41,32-20-9-6-10-21-32)33-22-11-7-12-23-33)34-24-15-16-25-35(34)39(31)36-26-29-17-13-14-18-30(29)27-37(36)40/h2-18,20-28,41H,1,19,40H2/q+1/b4-3-,8-5+. The molecule has 0 atom stereocenters. The van der Waals surface area contributed by atoms with Gasteiger partial charge in [0.1, 0.15) is 15.9 Å². The molecule has 0 unspecified atom stereocenters. The highest BCUT2D eigenvalue weighted by Crippen LogP contribution is 2.53. The molecule has 0 bridgehead atoms. The van der Waals surface area contributed by atoms with Crippen molar-refractivity contribution in [3.8, 4) is 11.1 Å². The Balaban J connectivity index is 1.69. The number of nitrogens with two attached hydrogens (primary N) is 1. The Morgan fingerprint density at radius 2 is 1.21 bits per heavy atom. The third kappa shape index (κ3) is 5.08. The summed E-state index contributed by atoms with van der Waals surface area (Å²) in [5.74, 6) is 0. The van der Waals surface area contributed by atoms with Crippen LogP contribution in [0.4, 0.5) is 5.69 Å². The Morgan fingerprint density at radius 3 is 1.86 bits per heavy atom. The number of hydrogen-bond donors (Lipinski definition) is 2. The first-order valence-electron chi connectivity index (χ1n) is 14.1. The molecule has 3 heteroatoms. The van der Waals surface area contributed by atoms with Gasteiger partial charge < -0.3 is 5.73 Å². The molecule has 6 aromatic rings. The zero-order chi connectivity index (χ0) is 28.9. The highest BCUT2D eigenvalue weighted by molar-refractivity contribution is 7.91. The molecule has 0 fully saturated rings. The first-order chi connectivity index (χ1) is 20.6. The lowest BCUT2D eigenvalue weighted by Gasteiger charge is -2.24. The van der Waals surface area contributed by atoms with E-state index in [0.29, 0.717) is 6.42 Å². The van der Waals surface area contributed by atoms with Crippen LogP contribution >= 0.6 is 7.49 Å². The van der Waals surface area contributed by atoms with Crippen molar-refractivity contribution in [3.63, 3.8) is 0 Å². The van der Waals surface area contributed by atoms with E-state index in [1.807, 2.05) is 85.0 Å². The minimum atomic E-state index is -2.99. The SMILES string of the molecule is C=C/C=C\C=C\Cc1cc([P+](O)(c2ccccc2)c2ccccc2)c2ccccc2c1-c1cc2ccccc2cc1N. The van der Waals surface area contributed by atoms with Crippen LogP contribution in [0.15, 0.2) is 164 Å². The van der Waals surface area contributed by atoms with Gasteiger partial charge >= 0.3 is 0 Å². The molecule has 0 amide bonds. The fourth-order valence-electron chi connectivity index (χ4n) is 5.76. The average Bonchev–Trinajstić information content (AvgIpc) is 3.04. The molecule has 0 saturated carbocycles. The smallest absolute Gasteiger partial charge is 0.239 e. The van der Waals surface area contributed by atoms with Crippen LogP contribution in [0.3, 0.4) is 0 Å². The van der Waals surface area contributed by atoms with Crippen LogP contribution in [0.1, 0.15) is 5.56 Å². The Kier molecular flexibility index (Phi) is 7.84. The maximum Gasteiger partial charge on any atom is 0.239 e. The molecule has 0 aromatic heterocycles. The van der Waals surface area contributed by atoms with Gasteiger partial charge in [0.25, 0.3) is 0 Å². The molecule has 0 saturated heterocycles. The Morgan fingerprint density at radius 1 is 0.643 bits per heavy atom. The predicted octanol–water partition coefficient (Wildman–Crippen LogP) is 8.28. The number of hydrogen-bond acceptors (Lipinski definition) is 2. The Labute approximate surface area is 248 Å². The highest BCUT2D eigenvalue weighted by Gasteiger charge is 2.46. The lowest BCUT2D eigenvalue weighted by atomic mass is 9.89. The second-order valence-electron chi connectivity index (χ2n) is 10.3. The Bertz CT molecular complexity index is 1900. The summed E-state index contributed by atoms with van der Waals surface area (Å²) in [7, 11) is -2.99. The molecule has 0 aliphatic heterocycles. The lowest BCUT2D eigenvalue weighted by molar-refractivity contribution is 0.633. The Hall–Kier alpha value is -4.75. The van der Waals surface area contributed by atoms with E-state index < -0.39 is 7.49 Å². The number of allylic oxidation sites excluding steroid dienone is 5. The fourth-order valence-corrected chi connectivity index (χ4v) is 8.71. The van der Waals surface area contributed by atoms with Gasteiger partial charge in [-0.1, -0.05) is 122 Å². The van der Waals surface area contributed by atoms with E-state index in [1.165, 1.54) is 0 Å². The van der Waals surface area contributed by atoms with Crippen LogP contribution in [0.5, 0.6) is 0 Å². The second-order valence-corrected chi connectivity index (χ2v) is 13.1. The van der Waals surface area contributed by atoms with Crippen LogP contribution in [-0.4, -0.2) is 4.89 Å². The minimum Gasteiger partial charge on any atom is -0.398 e. The normalized spacial score (nSPS) is 12.0. The summed E-state index contributed by atoms with van der Waals surface area (Å²) in [5, 5.41) is 7.16. The first kappa shape index (κ1) is 27.4. The fraction of sp³-hybridized carbons (Fsp3) is 0.0256. The van der Waals surface area contributed by atoms with Crippen LogP contribution in [0, 0.1) is 0 Å².